The highest BCUT2D eigenvalue weighted by molar-refractivity contribution is 5.68. The highest BCUT2D eigenvalue weighted by atomic mass is 15.6. The Morgan fingerprint density at radius 3 is 3.23 bits per heavy atom. The quantitative estimate of drug-likeness (QED) is 0.691. The second-order valence-electron chi connectivity index (χ2n) is 3.29. The molecule has 0 saturated heterocycles. The van der Waals surface area contributed by atoms with Crippen molar-refractivity contribution in [3.63, 3.8) is 0 Å². The Morgan fingerprint density at radius 1 is 1.62 bits per heavy atom. The lowest BCUT2D eigenvalue weighted by atomic mass is 10.1. The minimum Gasteiger partial charge on any atom is -0.285 e. The zero-order valence-corrected chi connectivity index (χ0v) is 7.99. The lowest BCUT2D eigenvalue weighted by Gasteiger charge is -2.26. The van der Waals surface area contributed by atoms with E-state index in [0.29, 0.717) is 0 Å². The molecule has 0 aromatic rings. The Labute approximate surface area is 78.0 Å². The molecule has 0 fully saturated rings. The molecule has 0 saturated carbocycles. The normalized spacial score (nSPS) is 25.1. The third-order valence-corrected chi connectivity index (χ3v) is 2.36. The molecule has 2 aliphatic heterocycles. The fourth-order valence-corrected chi connectivity index (χ4v) is 1.67. The van der Waals surface area contributed by atoms with Crippen molar-refractivity contribution < 1.29 is 0 Å². The van der Waals surface area contributed by atoms with Gasteiger partial charge in [-0.1, -0.05) is 13.3 Å². The van der Waals surface area contributed by atoms with Gasteiger partial charge in [-0.25, -0.2) is 15.0 Å². The van der Waals surface area contributed by atoms with Crippen LogP contribution in [0.1, 0.15) is 26.7 Å². The summed E-state index contributed by atoms with van der Waals surface area (Å²) in [5.74, 6) is 0. The summed E-state index contributed by atoms with van der Waals surface area (Å²) in [6, 6.07) is 0. The largest absolute Gasteiger partial charge is 0.285 e. The third kappa shape index (κ3) is 1.32. The number of nitrogens with one attached hydrogen (secondary N) is 1. The highest BCUT2D eigenvalue weighted by Crippen LogP contribution is 2.24. The average molecular weight is 178 g/mol. The number of rotatable bonds is 2. The number of aliphatic imine (C=N–C) groups is 2. The van der Waals surface area contributed by atoms with Crippen LogP contribution in [0.4, 0.5) is 0 Å². The smallest absolute Gasteiger partial charge is 0.166 e. The van der Waals surface area contributed by atoms with Gasteiger partial charge in [0.25, 0.3) is 0 Å². The number of hydrazine groups is 1. The standard InChI is InChI=1S/C9H14N4/c1-3-4-8-7(2)11-6-13-9(8)10-5-12-13/h5-6,9H,3-4H2,1-2H3,(H,10,12). The van der Waals surface area contributed by atoms with Crippen molar-refractivity contribution in [1.29, 1.82) is 0 Å². The molecule has 2 heterocycles. The molecule has 0 spiro atoms. The van der Waals surface area contributed by atoms with Crippen LogP contribution in [0.2, 0.25) is 0 Å². The topological polar surface area (TPSA) is 40.0 Å². The van der Waals surface area contributed by atoms with Gasteiger partial charge in [-0.2, -0.15) is 0 Å². The van der Waals surface area contributed by atoms with E-state index in [-0.39, 0.29) is 6.17 Å². The maximum Gasteiger partial charge on any atom is 0.166 e. The molecule has 70 valence electrons. The Balaban J connectivity index is 2.26. The molecule has 0 radical (unpaired) electrons. The first-order chi connectivity index (χ1) is 6.33. The third-order valence-electron chi connectivity index (χ3n) is 2.36. The highest BCUT2D eigenvalue weighted by Gasteiger charge is 2.26. The van der Waals surface area contributed by atoms with E-state index in [1.807, 2.05) is 11.9 Å². The maximum atomic E-state index is 4.35. The van der Waals surface area contributed by atoms with E-state index in [2.05, 4.69) is 22.3 Å². The molecule has 0 amide bonds. The fraction of sp³-hybridized carbons (Fsp3) is 0.556. The van der Waals surface area contributed by atoms with Crippen molar-refractivity contribution in [2.24, 2.45) is 9.98 Å². The first-order valence-electron chi connectivity index (χ1n) is 4.63. The van der Waals surface area contributed by atoms with Gasteiger partial charge in [0, 0.05) is 5.70 Å². The van der Waals surface area contributed by atoms with Crippen molar-refractivity contribution in [3.8, 4) is 0 Å². The van der Waals surface area contributed by atoms with E-state index in [1.165, 1.54) is 5.57 Å². The van der Waals surface area contributed by atoms with Crippen LogP contribution in [0, 0.1) is 0 Å². The average Bonchev–Trinajstić information content (AvgIpc) is 2.58. The summed E-state index contributed by atoms with van der Waals surface area (Å²) in [6.07, 6.45) is 5.89. The van der Waals surface area contributed by atoms with Crippen LogP contribution in [0.3, 0.4) is 0 Å². The van der Waals surface area contributed by atoms with Crippen LogP contribution in [0.15, 0.2) is 21.3 Å². The van der Waals surface area contributed by atoms with Crippen LogP contribution < -0.4 is 5.43 Å². The molecule has 1 N–H and O–H groups in total. The van der Waals surface area contributed by atoms with Gasteiger partial charge >= 0.3 is 0 Å². The van der Waals surface area contributed by atoms with Gasteiger partial charge in [0.1, 0.15) is 12.7 Å². The zero-order chi connectivity index (χ0) is 9.26. The first-order valence-corrected chi connectivity index (χ1v) is 4.63. The van der Waals surface area contributed by atoms with E-state index in [9.17, 15) is 0 Å². The molecule has 2 aliphatic rings. The van der Waals surface area contributed by atoms with Gasteiger partial charge in [-0.3, -0.25) is 5.43 Å². The molecule has 0 bridgehead atoms. The Bertz CT molecular complexity index is 290. The molecule has 0 aromatic heterocycles. The van der Waals surface area contributed by atoms with E-state index in [1.54, 1.807) is 12.7 Å². The van der Waals surface area contributed by atoms with E-state index < -0.39 is 0 Å². The number of fused-ring (bicyclic) bond motifs is 1. The molecule has 13 heavy (non-hydrogen) atoms. The maximum absolute atomic E-state index is 4.35. The number of nitrogens with zero attached hydrogens (tertiary/aromatic N) is 3. The van der Waals surface area contributed by atoms with Gasteiger partial charge in [-0.15, -0.1) is 0 Å². The predicted molar refractivity (Wildman–Crippen MR) is 53.4 cm³/mol. The monoisotopic (exact) mass is 178 g/mol. The summed E-state index contributed by atoms with van der Waals surface area (Å²) in [7, 11) is 0. The molecular weight excluding hydrogens is 164 g/mol. The molecule has 4 nitrogen and oxygen atoms in total. The fourth-order valence-electron chi connectivity index (χ4n) is 1.67. The Hall–Kier alpha value is -1.32. The lowest BCUT2D eigenvalue weighted by Crippen LogP contribution is -2.40. The van der Waals surface area contributed by atoms with Crippen molar-refractivity contribution in [2.45, 2.75) is 32.9 Å². The SMILES string of the molecule is CCCC1=C(C)N=CN2NC=NC12. The molecule has 0 aromatic carbocycles. The number of hydrogen-bond donors (Lipinski definition) is 1. The van der Waals surface area contributed by atoms with Gasteiger partial charge in [0.2, 0.25) is 0 Å². The van der Waals surface area contributed by atoms with Crippen LogP contribution in [-0.4, -0.2) is 23.9 Å². The van der Waals surface area contributed by atoms with Gasteiger partial charge in [0.05, 0.1) is 0 Å². The lowest BCUT2D eigenvalue weighted by molar-refractivity contribution is 0.345. The van der Waals surface area contributed by atoms with Gasteiger partial charge in [-0.05, 0) is 18.9 Å². The number of hydrogen-bond acceptors (Lipinski definition) is 4. The Kier molecular flexibility index (Phi) is 2.04. The second-order valence-corrected chi connectivity index (χ2v) is 3.29. The van der Waals surface area contributed by atoms with Crippen LogP contribution in [0.5, 0.6) is 0 Å². The summed E-state index contributed by atoms with van der Waals surface area (Å²) in [4.78, 5) is 8.66. The molecule has 4 heteroatoms. The summed E-state index contributed by atoms with van der Waals surface area (Å²) in [6.45, 7) is 4.22. The Morgan fingerprint density at radius 2 is 2.46 bits per heavy atom. The van der Waals surface area contributed by atoms with E-state index in [4.69, 9.17) is 0 Å². The molecule has 1 unspecified atom stereocenters. The summed E-state index contributed by atoms with van der Waals surface area (Å²) in [5, 5.41) is 1.93. The van der Waals surface area contributed by atoms with E-state index in [0.717, 1.165) is 18.5 Å². The summed E-state index contributed by atoms with van der Waals surface area (Å²) >= 11 is 0. The molecule has 1 atom stereocenters. The van der Waals surface area contributed by atoms with Crippen molar-refractivity contribution >= 4 is 12.7 Å². The summed E-state index contributed by atoms with van der Waals surface area (Å²) < 4.78 is 0. The van der Waals surface area contributed by atoms with Gasteiger partial charge in [0.15, 0.2) is 6.17 Å². The first kappa shape index (κ1) is 8.29. The predicted octanol–water partition coefficient (Wildman–Crippen LogP) is 1.28. The molecular formula is C9H14N4. The zero-order valence-electron chi connectivity index (χ0n) is 7.99. The minimum absolute atomic E-state index is 0.150. The van der Waals surface area contributed by atoms with Crippen molar-refractivity contribution in [1.82, 2.24) is 10.4 Å². The van der Waals surface area contributed by atoms with E-state index >= 15 is 0 Å². The van der Waals surface area contributed by atoms with Crippen molar-refractivity contribution in [2.75, 3.05) is 0 Å². The minimum atomic E-state index is 0.150. The molecule has 0 aliphatic carbocycles. The molecule has 2 rings (SSSR count). The van der Waals surface area contributed by atoms with Crippen LogP contribution in [-0.2, 0) is 0 Å². The number of allylic oxidation sites excluding steroid dienone is 1. The van der Waals surface area contributed by atoms with Gasteiger partial charge < -0.3 is 0 Å². The summed E-state index contributed by atoms with van der Waals surface area (Å²) in [5.41, 5.74) is 5.47. The van der Waals surface area contributed by atoms with Crippen LogP contribution in [0.25, 0.3) is 0 Å². The van der Waals surface area contributed by atoms with Crippen molar-refractivity contribution in [3.05, 3.63) is 11.3 Å². The second kappa shape index (κ2) is 3.20. The van der Waals surface area contributed by atoms with Crippen LogP contribution >= 0.6 is 0 Å².